The lowest BCUT2D eigenvalue weighted by atomic mass is 10.0. The number of hydrogen-bond acceptors (Lipinski definition) is 4. The van der Waals surface area contributed by atoms with Gasteiger partial charge >= 0.3 is 6.61 Å². The molecule has 24 heavy (non-hydrogen) atoms. The Bertz CT molecular complexity index is 697. The normalized spacial score (nSPS) is 17.8. The molecule has 1 aromatic heterocycles. The summed E-state index contributed by atoms with van der Waals surface area (Å²) in [6, 6.07) is 9.50. The smallest absolute Gasteiger partial charge is 0.387 e. The number of rotatable bonds is 4. The maximum atomic E-state index is 12.9. The van der Waals surface area contributed by atoms with Gasteiger partial charge in [0.05, 0.1) is 6.04 Å². The predicted octanol–water partition coefficient (Wildman–Crippen LogP) is 2.47. The van der Waals surface area contributed by atoms with Crippen LogP contribution >= 0.6 is 0 Å². The standard InChI is InChI=1S/C17H17F2N3O2/c18-17(19)24-14-3-1-2-13(10-14)16(23)22-9-8-21-11-15(22)12-4-6-20-7-5-12/h1-7,10,15,17,21H,8-9,11H2. The van der Waals surface area contributed by atoms with Crippen LogP contribution < -0.4 is 10.1 Å². The molecule has 2 aromatic rings. The predicted molar refractivity (Wildman–Crippen MR) is 84.0 cm³/mol. The van der Waals surface area contributed by atoms with E-state index in [1.54, 1.807) is 23.4 Å². The van der Waals surface area contributed by atoms with Crippen LogP contribution in [0.25, 0.3) is 0 Å². The average Bonchev–Trinajstić information content (AvgIpc) is 2.61. The second-order valence-electron chi connectivity index (χ2n) is 5.41. The van der Waals surface area contributed by atoms with Crippen LogP contribution in [0.5, 0.6) is 5.75 Å². The molecule has 7 heteroatoms. The summed E-state index contributed by atoms with van der Waals surface area (Å²) in [5.41, 5.74) is 1.31. The topological polar surface area (TPSA) is 54.5 Å². The lowest BCUT2D eigenvalue weighted by Gasteiger charge is -2.36. The fraction of sp³-hybridized carbons (Fsp3) is 0.294. The number of amides is 1. The van der Waals surface area contributed by atoms with Gasteiger partial charge in [0.25, 0.3) is 5.91 Å². The first-order valence-electron chi connectivity index (χ1n) is 7.61. The quantitative estimate of drug-likeness (QED) is 0.934. The van der Waals surface area contributed by atoms with Crippen LogP contribution in [0.2, 0.25) is 0 Å². The molecule has 1 saturated heterocycles. The van der Waals surface area contributed by atoms with Crippen LogP contribution in [0.4, 0.5) is 8.78 Å². The Labute approximate surface area is 138 Å². The van der Waals surface area contributed by atoms with Gasteiger partial charge in [-0.25, -0.2) is 0 Å². The van der Waals surface area contributed by atoms with E-state index in [-0.39, 0.29) is 17.7 Å². The van der Waals surface area contributed by atoms with Crippen LogP contribution in [-0.4, -0.2) is 42.0 Å². The third-order valence-electron chi connectivity index (χ3n) is 3.90. The molecule has 1 atom stereocenters. The Morgan fingerprint density at radius 2 is 2.08 bits per heavy atom. The highest BCUT2D eigenvalue weighted by Crippen LogP contribution is 2.25. The van der Waals surface area contributed by atoms with Gasteiger partial charge in [0.1, 0.15) is 5.75 Å². The molecule has 0 aliphatic carbocycles. The summed E-state index contributed by atoms with van der Waals surface area (Å²) in [5, 5.41) is 3.27. The van der Waals surface area contributed by atoms with Crippen LogP contribution in [0, 0.1) is 0 Å². The summed E-state index contributed by atoms with van der Waals surface area (Å²) in [4.78, 5) is 18.6. The number of halogens is 2. The number of nitrogens with one attached hydrogen (secondary N) is 1. The van der Waals surface area contributed by atoms with E-state index in [0.29, 0.717) is 25.2 Å². The summed E-state index contributed by atoms with van der Waals surface area (Å²) in [6.07, 6.45) is 3.37. The lowest BCUT2D eigenvalue weighted by molar-refractivity contribution is -0.0499. The Hall–Kier alpha value is -2.54. The molecule has 5 nitrogen and oxygen atoms in total. The van der Waals surface area contributed by atoms with E-state index in [0.717, 1.165) is 5.56 Å². The molecule has 0 bridgehead atoms. The third-order valence-corrected chi connectivity index (χ3v) is 3.90. The molecule has 1 N–H and O–H groups in total. The van der Waals surface area contributed by atoms with Crippen molar-refractivity contribution in [2.45, 2.75) is 12.7 Å². The molecule has 3 rings (SSSR count). The van der Waals surface area contributed by atoms with Gasteiger partial charge < -0.3 is 15.0 Å². The highest BCUT2D eigenvalue weighted by atomic mass is 19.3. The van der Waals surface area contributed by atoms with E-state index in [1.807, 2.05) is 12.1 Å². The summed E-state index contributed by atoms with van der Waals surface area (Å²) < 4.78 is 29.1. The van der Waals surface area contributed by atoms with Crippen molar-refractivity contribution < 1.29 is 18.3 Å². The summed E-state index contributed by atoms with van der Waals surface area (Å²) in [5.74, 6) is -0.232. The number of carbonyl (C=O) groups excluding carboxylic acids is 1. The molecule has 1 aromatic carbocycles. The van der Waals surface area contributed by atoms with Crippen molar-refractivity contribution in [1.82, 2.24) is 15.2 Å². The van der Waals surface area contributed by atoms with Crippen LogP contribution in [0.1, 0.15) is 22.0 Å². The molecule has 126 valence electrons. The number of ether oxygens (including phenoxy) is 1. The maximum absolute atomic E-state index is 12.9. The minimum atomic E-state index is -2.92. The summed E-state index contributed by atoms with van der Waals surface area (Å²) in [7, 11) is 0. The second kappa shape index (κ2) is 7.35. The first-order valence-corrected chi connectivity index (χ1v) is 7.61. The van der Waals surface area contributed by atoms with Gasteiger partial charge in [-0.15, -0.1) is 0 Å². The van der Waals surface area contributed by atoms with E-state index in [2.05, 4.69) is 15.0 Å². The molecule has 1 amide bonds. The minimum Gasteiger partial charge on any atom is -0.435 e. The van der Waals surface area contributed by atoms with E-state index in [1.165, 1.54) is 18.2 Å². The van der Waals surface area contributed by atoms with E-state index >= 15 is 0 Å². The molecule has 0 radical (unpaired) electrons. The summed E-state index contributed by atoms with van der Waals surface area (Å²) >= 11 is 0. The number of hydrogen-bond donors (Lipinski definition) is 1. The minimum absolute atomic E-state index is 0.0218. The molecule has 1 fully saturated rings. The highest BCUT2D eigenvalue weighted by Gasteiger charge is 2.28. The van der Waals surface area contributed by atoms with Gasteiger partial charge in [0.2, 0.25) is 0 Å². The number of alkyl halides is 2. The van der Waals surface area contributed by atoms with Crippen molar-refractivity contribution in [2.75, 3.05) is 19.6 Å². The Balaban J connectivity index is 1.84. The monoisotopic (exact) mass is 333 g/mol. The van der Waals surface area contributed by atoms with Gasteiger partial charge in [-0.1, -0.05) is 6.07 Å². The number of carbonyl (C=O) groups is 1. The largest absolute Gasteiger partial charge is 0.435 e. The molecule has 0 saturated carbocycles. The van der Waals surface area contributed by atoms with E-state index < -0.39 is 6.61 Å². The lowest BCUT2D eigenvalue weighted by Crippen LogP contribution is -2.48. The Morgan fingerprint density at radius 3 is 2.83 bits per heavy atom. The molecule has 2 heterocycles. The average molecular weight is 333 g/mol. The van der Waals surface area contributed by atoms with Crippen molar-refractivity contribution in [2.24, 2.45) is 0 Å². The van der Waals surface area contributed by atoms with Gasteiger partial charge in [-0.3, -0.25) is 9.78 Å². The van der Waals surface area contributed by atoms with Crippen molar-refractivity contribution in [3.63, 3.8) is 0 Å². The summed E-state index contributed by atoms with van der Waals surface area (Å²) in [6.45, 7) is -1.07. The fourth-order valence-electron chi connectivity index (χ4n) is 2.80. The van der Waals surface area contributed by atoms with Crippen molar-refractivity contribution in [1.29, 1.82) is 0 Å². The van der Waals surface area contributed by atoms with Crippen LogP contribution in [0.15, 0.2) is 48.8 Å². The zero-order valence-corrected chi connectivity index (χ0v) is 12.9. The van der Waals surface area contributed by atoms with Crippen molar-refractivity contribution in [3.8, 4) is 5.75 Å². The first kappa shape index (κ1) is 16.3. The third kappa shape index (κ3) is 3.68. The fourth-order valence-corrected chi connectivity index (χ4v) is 2.80. The molecular weight excluding hydrogens is 316 g/mol. The molecule has 0 spiro atoms. The zero-order chi connectivity index (χ0) is 16.9. The maximum Gasteiger partial charge on any atom is 0.387 e. The van der Waals surface area contributed by atoms with Gasteiger partial charge in [-0.05, 0) is 35.9 Å². The number of benzene rings is 1. The Kier molecular flexibility index (Phi) is 5.00. The number of pyridine rings is 1. The van der Waals surface area contributed by atoms with Gasteiger partial charge in [0.15, 0.2) is 0 Å². The molecule has 1 aliphatic heterocycles. The molecular formula is C17H17F2N3O2. The van der Waals surface area contributed by atoms with Crippen LogP contribution in [0.3, 0.4) is 0 Å². The van der Waals surface area contributed by atoms with Crippen molar-refractivity contribution >= 4 is 5.91 Å². The number of aromatic nitrogens is 1. The zero-order valence-electron chi connectivity index (χ0n) is 12.9. The Morgan fingerprint density at radius 1 is 1.29 bits per heavy atom. The van der Waals surface area contributed by atoms with E-state index in [4.69, 9.17) is 0 Å². The van der Waals surface area contributed by atoms with Gasteiger partial charge in [-0.2, -0.15) is 8.78 Å². The second-order valence-corrected chi connectivity index (χ2v) is 5.41. The number of piperazine rings is 1. The first-order chi connectivity index (χ1) is 11.6. The SMILES string of the molecule is O=C(c1cccc(OC(F)F)c1)N1CCNCC1c1ccncc1. The van der Waals surface area contributed by atoms with Crippen molar-refractivity contribution in [3.05, 3.63) is 59.9 Å². The van der Waals surface area contributed by atoms with Crippen LogP contribution in [-0.2, 0) is 0 Å². The molecule has 1 aliphatic rings. The van der Waals surface area contributed by atoms with E-state index in [9.17, 15) is 13.6 Å². The van der Waals surface area contributed by atoms with Gasteiger partial charge in [0, 0.05) is 37.6 Å². The molecule has 1 unspecified atom stereocenters. The highest BCUT2D eigenvalue weighted by molar-refractivity contribution is 5.95. The number of nitrogens with zero attached hydrogens (tertiary/aromatic N) is 2.